The maximum absolute atomic E-state index is 12.5. The Balaban J connectivity index is 1.42. The van der Waals surface area contributed by atoms with E-state index in [-0.39, 0.29) is 5.91 Å². The minimum atomic E-state index is 0.0105. The van der Waals surface area contributed by atoms with Gasteiger partial charge in [0.2, 0.25) is 5.95 Å². The third-order valence-corrected chi connectivity index (χ3v) is 4.68. The summed E-state index contributed by atoms with van der Waals surface area (Å²) in [6.07, 6.45) is 5.28. The molecule has 0 spiro atoms. The zero-order valence-corrected chi connectivity index (χ0v) is 15.9. The van der Waals surface area contributed by atoms with Crippen molar-refractivity contribution in [2.24, 2.45) is 5.92 Å². The summed E-state index contributed by atoms with van der Waals surface area (Å²) in [5, 5.41) is 3.09. The molecule has 2 heterocycles. The van der Waals surface area contributed by atoms with Crippen LogP contribution in [0.25, 0.3) is 0 Å². The van der Waals surface area contributed by atoms with Gasteiger partial charge in [-0.3, -0.25) is 4.79 Å². The quantitative estimate of drug-likeness (QED) is 0.755. The molecule has 144 valence electrons. The van der Waals surface area contributed by atoms with Gasteiger partial charge in [0, 0.05) is 25.5 Å². The van der Waals surface area contributed by atoms with Gasteiger partial charge < -0.3 is 19.7 Å². The normalized spacial score (nSPS) is 14.7. The Hall–Kier alpha value is -2.83. The Kier molecular flexibility index (Phi) is 6.46. The number of nitrogens with zero attached hydrogens (tertiary/aromatic N) is 3. The van der Waals surface area contributed by atoms with E-state index in [1.54, 1.807) is 19.5 Å². The summed E-state index contributed by atoms with van der Waals surface area (Å²) in [6, 6.07) is 7.42. The number of hydrogen-bond donors (Lipinski definition) is 1. The number of ether oxygens (including phenoxy) is 2. The van der Waals surface area contributed by atoms with Gasteiger partial charge in [0.1, 0.15) is 18.1 Å². The fourth-order valence-corrected chi connectivity index (χ4v) is 2.93. The molecular weight excluding hydrogens is 344 g/mol. The smallest absolute Gasteiger partial charge is 0.256 e. The van der Waals surface area contributed by atoms with E-state index in [1.165, 1.54) is 0 Å². The molecule has 3 rings (SSSR count). The van der Waals surface area contributed by atoms with E-state index >= 15 is 0 Å². The first-order chi connectivity index (χ1) is 13.2. The van der Waals surface area contributed by atoms with Gasteiger partial charge in [-0.05, 0) is 43.0 Å². The summed E-state index contributed by atoms with van der Waals surface area (Å²) in [6.45, 7) is 4.88. The molecule has 7 nitrogen and oxygen atoms in total. The molecule has 0 saturated carbocycles. The predicted molar refractivity (Wildman–Crippen MR) is 103 cm³/mol. The number of piperidine rings is 1. The Morgan fingerprint density at radius 2 is 1.78 bits per heavy atom. The number of rotatable bonds is 7. The predicted octanol–water partition coefficient (Wildman–Crippen LogP) is 2.85. The van der Waals surface area contributed by atoms with Gasteiger partial charge >= 0.3 is 0 Å². The zero-order chi connectivity index (χ0) is 19.1. The van der Waals surface area contributed by atoms with Crippen LogP contribution in [0, 0.1) is 5.92 Å². The van der Waals surface area contributed by atoms with E-state index in [9.17, 15) is 4.79 Å². The van der Waals surface area contributed by atoms with Gasteiger partial charge in [0.15, 0.2) is 0 Å². The van der Waals surface area contributed by atoms with Crippen LogP contribution in [0.3, 0.4) is 0 Å². The molecule has 1 aliphatic rings. The van der Waals surface area contributed by atoms with Crippen molar-refractivity contribution in [3.05, 3.63) is 42.2 Å². The van der Waals surface area contributed by atoms with Gasteiger partial charge in [-0.1, -0.05) is 6.92 Å². The maximum atomic E-state index is 12.5. The first-order valence-corrected chi connectivity index (χ1v) is 9.28. The highest BCUT2D eigenvalue weighted by molar-refractivity contribution is 5.93. The van der Waals surface area contributed by atoms with Crippen LogP contribution in [0.5, 0.6) is 11.5 Å². The highest BCUT2D eigenvalue weighted by atomic mass is 16.5. The Morgan fingerprint density at radius 1 is 1.15 bits per heavy atom. The van der Waals surface area contributed by atoms with Crippen molar-refractivity contribution in [2.75, 3.05) is 38.7 Å². The number of anilines is 1. The maximum Gasteiger partial charge on any atom is 0.256 e. The third-order valence-electron chi connectivity index (χ3n) is 4.68. The average molecular weight is 370 g/mol. The fourth-order valence-electron chi connectivity index (χ4n) is 2.93. The number of hydrogen-bond acceptors (Lipinski definition) is 6. The van der Waals surface area contributed by atoms with Crippen LogP contribution in [0.4, 0.5) is 5.95 Å². The fraction of sp³-hybridized carbons (Fsp3) is 0.450. The molecule has 7 heteroatoms. The van der Waals surface area contributed by atoms with E-state index in [0.717, 1.165) is 37.4 Å². The summed E-state index contributed by atoms with van der Waals surface area (Å²) < 4.78 is 10.8. The summed E-state index contributed by atoms with van der Waals surface area (Å²) in [4.78, 5) is 22.8. The lowest BCUT2D eigenvalue weighted by atomic mass is 9.99. The van der Waals surface area contributed by atoms with Crippen molar-refractivity contribution in [1.82, 2.24) is 14.9 Å². The van der Waals surface area contributed by atoms with E-state index in [4.69, 9.17) is 9.47 Å². The molecule has 27 heavy (non-hydrogen) atoms. The molecule has 1 N–H and O–H groups in total. The first kappa shape index (κ1) is 18.9. The van der Waals surface area contributed by atoms with E-state index in [0.29, 0.717) is 30.6 Å². The molecular formula is C20H26N4O3. The highest BCUT2D eigenvalue weighted by Crippen LogP contribution is 2.18. The van der Waals surface area contributed by atoms with Crippen molar-refractivity contribution in [2.45, 2.75) is 19.8 Å². The number of carbonyl (C=O) groups excluding carboxylic acids is 1. The summed E-state index contributed by atoms with van der Waals surface area (Å²) >= 11 is 0. The van der Waals surface area contributed by atoms with Gasteiger partial charge in [0.05, 0.1) is 19.2 Å². The number of nitrogens with one attached hydrogen (secondary N) is 1. The molecule has 2 aromatic rings. The van der Waals surface area contributed by atoms with Crippen molar-refractivity contribution in [3.8, 4) is 11.5 Å². The van der Waals surface area contributed by atoms with E-state index in [1.807, 2.05) is 29.2 Å². The van der Waals surface area contributed by atoms with Crippen molar-refractivity contribution < 1.29 is 14.3 Å². The number of aromatic nitrogens is 2. The lowest BCUT2D eigenvalue weighted by Crippen LogP contribution is -2.38. The molecule has 1 aliphatic heterocycles. The molecule has 1 aromatic heterocycles. The van der Waals surface area contributed by atoms with Gasteiger partial charge in [0.25, 0.3) is 5.91 Å². The van der Waals surface area contributed by atoms with Crippen molar-refractivity contribution in [1.29, 1.82) is 0 Å². The summed E-state index contributed by atoms with van der Waals surface area (Å²) in [5.74, 6) is 2.75. The van der Waals surface area contributed by atoms with Gasteiger partial charge in [-0.15, -0.1) is 0 Å². The molecule has 0 unspecified atom stereocenters. The van der Waals surface area contributed by atoms with Crippen molar-refractivity contribution in [3.63, 3.8) is 0 Å². The second kappa shape index (κ2) is 9.21. The Labute approximate surface area is 159 Å². The second-order valence-corrected chi connectivity index (χ2v) is 6.72. The molecule has 0 radical (unpaired) electrons. The minimum Gasteiger partial charge on any atom is -0.497 e. The SMILES string of the molecule is COc1ccc(OCCNc2ncc(C(=O)N3CCC(C)CC3)cn2)cc1. The number of likely N-dealkylation sites (tertiary alicyclic amines) is 1. The summed E-state index contributed by atoms with van der Waals surface area (Å²) in [5.41, 5.74) is 0.532. The monoisotopic (exact) mass is 370 g/mol. The molecule has 1 saturated heterocycles. The van der Waals surface area contributed by atoms with Crippen LogP contribution in [0.15, 0.2) is 36.7 Å². The first-order valence-electron chi connectivity index (χ1n) is 9.28. The van der Waals surface area contributed by atoms with Gasteiger partial charge in [-0.25, -0.2) is 9.97 Å². The molecule has 1 fully saturated rings. The number of carbonyl (C=O) groups is 1. The topological polar surface area (TPSA) is 76.6 Å². The molecule has 1 aromatic carbocycles. The lowest BCUT2D eigenvalue weighted by Gasteiger charge is -2.30. The van der Waals surface area contributed by atoms with E-state index < -0.39 is 0 Å². The van der Waals surface area contributed by atoms with Crippen LogP contribution in [0.1, 0.15) is 30.1 Å². The number of amides is 1. The highest BCUT2D eigenvalue weighted by Gasteiger charge is 2.21. The molecule has 0 bridgehead atoms. The van der Waals surface area contributed by atoms with Crippen molar-refractivity contribution >= 4 is 11.9 Å². The van der Waals surface area contributed by atoms with Crippen LogP contribution in [0.2, 0.25) is 0 Å². The Bertz CT molecular complexity index is 726. The van der Waals surface area contributed by atoms with Crippen LogP contribution >= 0.6 is 0 Å². The molecule has 0 aliphatic carbocycles. The van der Waals surface area contributed by atoms with Crippen LogP contribution in [-0.2, 0) is 0 Å². The molecule has 0 atom stereocenters. The summed E-state index contributed by atoms with van der Waals surface area (Å²) in [7, 11) is 1.63. The standard InChI is InChI=1S/C20H26N4O3/c1-15-7-10-24(11-8-15)19(25)16-13-22-20(23-14-16)21-9-12-27-18-5-3-17(26-2)4-6-18/h3-6,13-15H,7-12H2,1-2H3,(H,21,22,23). The van der Waals surface area contributed by atoms with E-state index in [2.05, 4.69) is 22.2 Å². The minimum absolute atomic E-state index is 0.0105. The average Bonchev–Trinajstić information content (AvgIpc) is 2.72. The number of benzene rings is 1. The molecule has 1 amide bonds. The number of methoxy groups -OCH3 is 1. The van der Waals surface area contributed by atoms with Crippen LogP contribution in [-0.4, -0.2) is 54.1 Å². The van der Waals surface area contributed by atoms with Gasteiger partial charge in [-0.2, -0.15) is 0 Å². The Morgan fingerprint density at radius 3 is 2.41 bits per heavy atom. The zero-order valence-electron chi connectivity index (χ0n) is 15.9. The van der Waals surface area contributed by atoms with Crippen LogP contribution < -0.4 is 14.8 Å². The second-order valence-electron chi connectivity index (χ2n) is 6.72. The third kappa shape index (κ3) is 5.32. The lowest BCUT2D eigenvalue weighted by molar-refractivity contribution is 0.0696. The largest absolute Gasteiger partial charge is 0.497 e.